The lowest BCUT2D eigenvalue weighted by Crippen LogP contribution is -2.07. The van der Waals surface area contributed by atoms with Crippen molar-refractivity contribution in [2.45, 2.75) is 6.18 Å². The Morgan fingerprint density at radius 3 is 2.41 bits per heavy atom. The van der Waals surface area contributed by atoms with Crippen LogP contribution >= 0.6 is 11.8 Å². The van der Waals surface area contributed by atoms with E-state index >= 15 is 0 Å². The van der Waals surface area contributed by atoms with Crippen molar-refractivity contribution in [2.24, 2.45) is 0 Å². The van der Waals surface area contributed by atoms with Crippen LogP contribution in [0.15, 0.2) is 24.3 Å². The molecule has 0 aliphatic heterocycles. The van der Waals surface area contributed by atoms with Gasteiger partial charge < -0.3 is 5.32 Å². The molecule has 0 aliphatic carbocycles. The van der Waals surface area contributed by atoms with E-state index in [1.807, 2.05) is 0 Å². The monoisotopic (exact) mass is 259 g/mol. The maximum atomic E-state index is 12.3. The van der Waals surface area contributed by atoms with E-state index in [9.17, 15) is 13.2 Å². The van der Waals surface area contributed by atoms with Crippen LogP contribution in [0.5, 0.6) is 0 Å². The second-order valence-corrected chi connectivity index (χ2v) is 4.36. The fourth-order valence-electron chi connectivity index (χ4n) is 1.18. The largest absolute Gasteiger partial charge is 0.416 e. The summed E-state index contributed by atoms with van der Waals surface area (Å²) in [5.74, 6) is 3.97. The summed E-state index contributed by atoms with van der Waals surface area (Å²) in [5, 5.41) is 3.03. The molecule has 1 rings (SSSR count). The van der Waals surface area contributed by atoms with Gasteiger partial charge in [-0.2, -0.15) is 13.2 Å². The van der Waals surface area contributed by atoms with E-state index in [2.05, 4.69) is 11.2 Å². The molecule has 0 radical (unpaired) electrons. The van der Waals surface area contributed by atoms with Crippen LogP contribution in [0.25, 0.3) is 0 Å². The molecule has 0 aromatic heterocycles. The third-order valence-electron chi connectivity index (χ3n) is 1.97. The highest BCUT2D eigenvalue weighted by molar-refractivity contribution is 7.99. The van der Waals surface area contributed by atoms with Crippen molar-refractivity contribution in [3.05, 3.63) is 29.8 Å². The Morgan fingerprint density at radius 2 is 1.88 bits per heavy atom. The Hall–Kier alpha value is -1.28. The summed E-state index contributed by atoms with van der Waals surface area (Å²) in [5.41, 5.74) is 0.0454. The lowest BCUT2D eigenvalue weighted by atomic mass is 10.2. The van der Waals surface area contributed by atoms with Crippen LogP contribution in [0.2, 0.25) is 0 Å². The van der Waals surface area contributed by atoms with Crippen molar-refractivity contribution in [3.63, 3.8) is 0 Å². The summed E-state index contributed by atoms with van der Waals surface area (Å²) in [6, 6.07) is 4.98. The number of hydrogen-bond acceptors (Lipinski definition) is 2. The van der Waals surface area contributed by atoms with Gasteiger partial charge in [-0.3, -0.25) is 0 Å². The SMILES string of the molecule is C#CCSCCNc1ccc(C(F)(F)F)cc1. The van der Waals surface area contributed by atoms with Gasteiger partial charge in [0, 0.05) is 18.0 Å². The summed E-state index contributed by atoms with van der Waals surface area (Å²) in [6.07, 6.45) is 0.805. The maximum Gasteiger partial charge on any atom is 0.416 e. The minimum absolute atomic E-state index is 0.634. The predicted octanol–water partition coefficient (Wildman–Crippen LogP) is 3.48. The zero-order chi connectivity index (χ0) is 12.7. The standard InChI is InChI=1S/C12H12F3NS/c1-2-8-17-9-7-16-11-5-3-10(4-6-11)12(13,14)15/h1,3-6,16H,7-9H2. The van der Waals surface area contributed by atoms with Gasteiger partial charge in [-0.1, -0.05) is 5.92 Å². The van der Waals surface area contributed by atoms with E-state index < -0.39 is 11.7 Å². The van der Waals surface area contributed by atoms with E-state index in [4.69, 9.17) is 6.42 Å². The van der Waals surface area contributed by atoms with Crippen LogP contribution in [0.4, 0.5) is 18.9 Å². The first-order chi connectivity index (χ1) is 8.04. The van der Waals surface area contributed by atoms with Gasteiger partial charge in [0.25, 0.3) is 0 Å². The molecule has 92 valence electrons. The Labute approximate surface area is 103 Å². The predicted molar refractivity (Wildman–Crippen MR) is 66.1 cm³/mol. The molecular formula is C12H12F3NS. The molecule has 0 unspecified atom stereocenters. The summed E-state index contributed by atoms with van der Waals surface area (Å²) in [6.45, 7) is 0.678. The second-order valence-electron chi connectivity index (χ2n) is 3.26. The van der Waals surface area contributed by atoms with E-state index in [1.165, 1.54) is 12.1 Å². The summed E-state index contributed by atoms with van der Waals surface area (Å²) in [7, 11) is 0. The molecule has 1 aromatic carbocycles. The normalized spacial score (nSPS) is 10.9. The molecule has 0 saturated heterocycles. The summed E-state index contributed by atoms with van der Waals surface area (Å²) < 4.78 is 36.8. The number of rotatable bonds is 5. The number of halogens is 3. The van der Waals surface area contributed by atoms with E-state index in [1.54, 1.807) is 11.8 Å². The second kappa shape index (κ2) is 6.45. The average Bonchev–Trinajstić information content (AvgIpc) is 2.28. The van der Waals surface area contributed by atoms with Crippen molar-refractivity contribution >= 4 is 17.4 Å². The van der Waals surface area contributed by atoms with Crippen LogP contribution in [-0.4, -0.2) is 18.1 Å². The highest BCUT2D eigenvalue weighted by atomic mass is 32.2. The van der Waals surface area contributed by atoms with E-state index in [0.29, 0.717) is 18.0 Å². The number of nitrogens with one attached hydrogen (secondary N) is 1. The van der Waals surface area contributed by atoms with E-state index in [-0.39, 0.29) is 0 Å². The molecule has 1 aromatic rings. The number of anilines is 1. The first kappa shape index (κ1) is 13.8. The van der Waals surface area contributed by atoms with Crippen molar-refractivity contribution in [1.82, 2.24) is 0 Å². The molecule has 0 atom stereocenters. The van der Waals surface area contributed by atoms with Crippen LogP contribution in [0.1, 0.15) is 5.56 Å². The number of thioether (sulfide) groups is 1. The fraction of sp³-hybridized carbons (Fsp3) is 0.333. The van der Waals surface area contributed by atoms with Crippen LogP contribution < -0.4 is 5.32 Å². The highest BCUT2D eigenvalue weighted by Crippen LogP contribution is 2.29. The number of hydrogen-bond donors (Lipinski definition) is 1. The fourth-order valence-corrected chi connectivity index (χ4v) is 1.68. The third kappa shape index (κ3) is 5.05. The maximum absolute atomic E-state index is 12.3. The zero-order valence-corrected chi connectivity index (χ0v) is 9.87. The van der Waals surface area contributed by atoms with Crippen LogP contribution in [0, 0.1) is 12.3 Å². The van der Waals surface area contributed by atoms with Crippen molar-refractivity contribution in [2.75, 3.05) is 23.4 Å². The van der Waals surface area contributed by atoms with Gasteiger partial charge in [0.05, 0.1) is 11.3 Å². The van der Waals surface area contributed by atoms with Crippen LogP contribution in [0.3, 0.4) is 0 Å². The summed E-state index contributed by atoms with van der Waals surface area (Å²) >= 11 is 1.60. The van der Waals surface area contributed by atoms with Gasteiger partial charge in [0.2, 0.25) is 0 Å². The molecule has 1 N–H and O–H groups in total. The van der Waals surface area contributed by atoms with Crippen LogP contribution in [-0.2, 0) is 6.18 Å². The molecule has 0 saturated carbocycles. The average molecular weight is 259 g/mol. The van der Waals surface area contributed by atoms with Crippen molar-refractivity contribution in [1.29, 1.82) is 0 Å². The molecule has 0 spiro atoms. The van der Waals surface area contributed by atoms with Crippen molar-refractivity contribution in [3.8, 4) is 12.3 Å². The molecule has 5 heteroatoms. The zero-order valence-electron chi connectivity index (χ0n) is 9.05. The third-order valence-corrected chi connectivity index (χ3v) is 2.84. The molecular weight excluding hydrogens is 247 g/mol. The van der Waals surface area contributed by atoms with Gasteiger partial charge in [-0.25, -0.2) is 0 Å². The minimum atomic E-state index is -4.28. The lowest BCUT2D eigenvalue weighted by molar-refractivity contribution is -0.137. The van der Waals surface area contributed by atoms with Gasteiger partial charge >= 0.3 is 6.18 Å². The molecule has 0 aliphatic rings. The first-order valence-electron chi connectivity index (χ1n) is 4.96. The number of alkyl halides is 3. The Morgan fingerprint density at radius 1 is 1.24 bits per heavy atom. The molecule has 0 fully saturated rings. The molecule has 0 heterocycles. The first-order valence-corrected chi connectivity index (χ1v) is 6.12. The van der Waals surface area contributed by atoms with Crippen molar-refractivity contribution < 1.29 is 13.2 Å². The van der Waals surface area contributed by atoms with E-state index in [0.717, 1.165) is 17.9 Å². The quantitative estimate of drug-likeness (QED) is 0.641. The molecule has 17 heavy (non-hydrogen) atoms. The summed E-state index contributed by atoms with van der Waals surface area (Å²) in [4.78, 5) is 0. The Bertz CT molecular complexity index is 378. The smallest absolute Gasteiger partial charge is 0.384 e. The van der Waals surface area contributed by atoms with Gasteiger partial charge in [-0.15, -0.1) is 18.2 Å². The highest BCUT2D eigenvalue weighted by Gasteiger charge is 2.29. The number of terminal acetylenes is 1. The molecule has 0 amide bonds. The van der Waals surface area contributed by atoms with Gasteiger partial charge in [0.15, 0.2) is 0 Å². The lowest BCUT2D eigenvalue weighted by Gasteiger charge is -2.09. The molecule has 1 nitrogen and oxygen atoms in total. The topological polar surface area (TPSA) is 12.0 Å². The molecule has 0 bridgehead atoms. The van der Waals surface area contributed by atoms with Gasteiger partial charge in [-0.05, 0) is 24.3 Å². The Kier molecular flexibility index (Phi) is 5.23. The Balaban J connectivity index is 2.39. The van der Waals surface area contributed by atoms with Gasteiger partial charge in [0.1, 0.15) is 0 Å². The minimum Gasteiger partial charge on any atom is -0.384 e. The number of benzene rings is 1.